The zero-order valence-electron chi connectivity index (χ0n) is 13.5. The van der Waals surface area contributed by atoms with Crippen molar-refractivity contribution >= 4 is 11.7 Å². The van der Waals surface area contributed by atoms with E-state index in [0.29, 0.717) is 12.4 Å². The lowest BCUT2D eigenvalue weighted by Gasteiger charge is -2.10. The molecule has 0 bridgehead atoms. The lowest BCUT2D eigenvalue weighted by Crippen LogP contribution is -2.31. The van der Waals surface area contributed by atoms with Crippen LogP contribution in [0.1, 0.15) is 19.4 Å². The van der Waals surface area contributed by atoms with Gasteiger partial charge in [-0.3, -0.25) is 0 Å². The zero-order chi connectivity index (χ0) is 16.5. The van der Waals surface area contributed by atoms with Crippen molar-refractivity contribution in [2.24, 2.45) is 0 Å². The van der Waals surface area contributed by atoms with Gasteiger partial charge in [-0.25, -0.2) is 4.79 Å². The van der Waals surface area contributed by atoms with Crippen LogP contribution >= 0.6 is 0 Å². The molecule has 0 aromatic heterocycles. The minimum Gasteiger partial charge on any atom is -0.494 e. The van der Waals surface area contributed by atoms with E-state index < -0.39 is 0 Å². The molecule has 122 valence electrons. The number of anilines is 1. The molecule has 0 heterocycles. The maximum atomic E-state index is 11.8. The Bertz CT molecular complexity index is 609. The van der Waals surface area contributed by atoms with Gasteiger partial charge in [-0.05, 0) is 55.3 Å². The van der Waals surface area contributed by atoms with Gasteiger partial charge in [0, 0.05) is 5.69 Å². The maximum Gasteiger partial charge on any atom is 0.321 e. The van der Waals surface area contributed by atoms with Gasteiger partial charge in [0.05, 0.1) is 6.61 Å². The summed E-state index contributed by atoms with van der Waals surface area (Å²) in [6.07, 6.45) is 0.975. The highest BCUT2D eigenvalue weighted by Crippen LogP contribution is 2.17. The van der Waals surface area contributed by atoms with Gasteiger partial charge >= 0.3 is 6.03 Å². The Labute approximate surface area is 136 Å². The number of rotatable bonds is 7. The molecule has 5 heteroatoms. The van der Waals surface area contributed by atoms with E-state index in [-0.39, 0.29) is 12.8 Å². The fourth-order valence-corrected chi connectivity index (χ4v) is 1.98. The molecule has 5 nitrogen and oxygen atoms in total. The molecular formula is C18H22N2O3. The Morgan fingerprint density at radius 2 is 1.52 bits per heavy atom. The van der Waals surface area contributed by atoms with Crippen LogP contribution in [0, 0.1) is 0 Å². The first-order chi connectivity index (χ1) is 11.2. The molecule has 0 saturated carbocycles. The van der Waals surface area contributed by atoms with Crippen molar-refractivity contribution in [1.82, 2.24) is 5.32 Å². The van der Waals surface area contributed by atoms with E-state index in [1.54, 1.807) is 12.1 Å². The number of hydrogen-bond acceptors (Lipinski definition) is 3. The molecule has 2 aromatic rings. The van der Waals surface area contributed by atoms with Crippen molar-refractivity contribution in [3.8, 4) is 11.5 Å². The van der Waals surface area contributed by atoms with Gasteiger partial charge in [0.2, 0.25) is 0 Å². The number of ether oxygens (including phenoxy) is 2. The third-order valence-electron chi connectivity index (χ3n) is 3.23. The number of hydrogen-bond donors (Lipinski definition) is 2. The van der Waals surface area contributed by atoms with E-state index in [1.165, 1.54) is 5.56 Å². The van der Waals surface area contributed by atoms with Crippen LogP contribution in [0.4, 0.5) is 10.5 Å². The SMILES string of the molecule is CCOc1ccc(OCNC(=O)Nc2ccc(CC)cc2)cc1. The average molecular weight is 314 g/mol. The molecule has 0 radical (unpaired) electrons. The van der Waals surface area contributed by atoms with Gasteiger partial charge in [0.25, 0.3) is 0 Å². The minimum absolute atomic E-state index is 0.0901. The van der Waals surface area contributed by atoms with Crippen LogP contribution in [0.5, 0.6) is 11.5 Å². The smallest absolute Gasteiger partial charge is 0.321 e. The Morgan fingerprint density at radius 3 is 2.09 bits per heavy atom. The second-order valence-corrected chi connectivity index (χ2v) is 4.87. The Hall–Kier alpha value is -2.69. The molecule has 0 unspecified atom stereocenters. The molecule has 2 N–H and O–H groups in total. The molecule has 0 spiro atoms. The van der Waals surface area contributed by atoms with Crippen molar-refractivity contribution in [3.05, 3.63) is 54.1 Å². The molecule has 23 heavy (non-hydrogen) atoms. The Balaban J connectivity index is 1.73. The van der Waals surface area contributed by atoms with Crippen LogP contribution in [-0.2, 0) is 6.42 Å². The van der Waals surface area contributed by atoms with Crippen molar-refractivity contribution in [1.29, 1.82) is 0 Å². The molecule has 2 rings (SSSR count). The highest BCUT2D eigenvalue weighted by atomic mass is 16.5. The normalized spacial score (nSPS) is 10.0. The first-order valence-electron chi connectivity index (χ1n) is 7.70. The number of aryl methyl sites for hydroxylation is 1. The third-order valence-corrected chi connectivity index (χ3v) is 3.23. The highest BCUT2D eigenvalue weighted by molar-refractivity contribution is 5.89. The second-order valence-electron chi connectivity index (χ2n) is 4.87. The van der Waals surface area contributed by atoms with Gasteiger partial charge < -0.3 is 20.1 Å². The number of carbonyl (C=O) groups excluding carboxylic acids is 1. The van der Waals surface area contributed by atoms with Crippen molar-refractivity contribution in [3.63, 3.8) is 0 Å². The lowest BCUT2D eigenvalue weighted by molar-refractivity contribution is 0.234. The van der Waals surface area contributed by atoms with Gasteiger partial charge in [0.1, 0.15) is 11.5 Å². The number of benzene rings is 2. The fraction of sp³-hybridized carbons (Fsp3) is 0.278. The summed E-state index contributed by atoms with van der Waals surface area (Å²) in [6, 6.07) is 14.7. The van der Waals surface area contributed by atoms with Crippen LogP contribution in [0.25, 0.3) is 0 Å². The summed E-state index contributed by atoms with van der Waals surface area (Å²) < 4.78 is 10.8. The summed E-state index contributed by atoms with van der Waals surface area (Å²) in [5.74, 6) is 1.46. The summed E-state index contributed by atoms with van der Waals surface area (Å²) in [4.78, 5) is 11.8. The molecule has 0 aliphatic carbocycles. The monoisotopic (exact) mass is 314 g/mol. The van der Waals surface area contributed by atoms with Crippen LogP contribution in [-0.4, -0.2) is 19.4 Å². The number of carbonyl (C=O) groups is 1. The van der Waals surface area contributed by atoms with Gasteiger partial charge in [-0.15, -0.1) is 0 Å². The lowest BCUT2D eigenvalue weighted by atomic mass is 10.1. The zero-order valence-corrected chi connectivity index (χ0v) is 13.5. The van der Waals surface area contributed by atoms with Crippen LogP contribution in [0.15, 0.2) is 48.5 Å². The van der Waals surface area contributed by atoms with Gasteiger partial charge in [-0.1, -0.05) is 19.1 Å². The largest absolute Gasteiger partial charge is 0.494 e. The Kier molecular flexibility index (Phi) is 6.29. The highest BCUT2D eigenvalue weighted by Gasteiger charge is 2.02. The maximum absolute atomic E-state index is 11.8. The molecule has 0 atom stereocenters. The first-order valence-corrected chi connectivity index (χ1v) is 7.70. The summed E-state index contributed by atoms with van der Waals surface area (Å²) in [6.45, 7) is 4.74. The molecule has 0 saturated heterocycles. The van der Waals surface area contributed by atoms with E-state index in [2.05, 4.69) is 17.6 Å². The Morgan fingerprint density at radius 1 is 0.913 bits per heavy atom. The van der Waals surface area contributed by atoms with E-state index >= 15 is 0 Å². The third kappa shape index (κ3) is 5.54. The summed E-state index contributed by atoms with van der Waals surface area (Å²) in [7, 11) is 0. The van der Waals surface area contributed by atoms with Crippen LogP contribution in [0.2, 0.25) is 0 Å². The summed E-state index contributed by atoms with van der Waals surface area (Å²) >= 11 is 0. The summed E-state index contributed by atoms with van der Waals surface area (Å²) in [5.41, 5.74) is 1.98. The van der Waals surface area contributed by atoms with E-state index in [4.69, 9.17) is 9.47 Å². The standard InChI is InChI=1S/C18H22N2O3/c1-3-14-5-7-15(8-6-14)20-18(21)19-13-23-17-11-9-16(10-12-17)22-4-2/h5-12H,3-4,13H2,1-2H3,(H2,19,20,21). The molecule has 2 aromatic carbocycles. The van der Waals surface area contributed by atoms with Crippen LogP contribution in [0.3, 0.4) is 0 Å². The summed E-state index contributed by atoms with van der Waals surface area (Å²) in [5, 5.41) is 5.40. The number of urea groups is 1. The van der Waals surface area contributed by atoms with Gasteiger partial charge in [-0.2, -0.15) is 0 Å². The molecular weight excluding hydrogens is 292 g/mol. The van der Waals surface area contributed by atoms with Gasteiger partial charge in [0.15, 0.2) is 6.73 Å². The van der Waals surface area contributed by atoms with Crippen LogP contribution < -0.4 is 20.1 Å². The number of amides is 2. The van der Waals surface area contributed by atoms with E-state index in [0.717, 1.165) is 17.9 Å². The quantitative estimate of drug-likeness (QED) is 0.764. The molecule has 0 fully saturated rings. The second kappa shape index (κ2) is 8.68. The minimum atomic E-state index is -0.305. The average Bonchev–Trinajstić information content (AvgIpc) is 2.57. The fourth-order valence-electron chi connectivity index (χ4n) is 1.98. The predicted molar refractivity (Wildman–Crippen MR) is 91.1 cm³/mol. The van der Waals surface area contributed by atoms with Crippen molar-refractivity contribution < 1.29 is 14.3 Å². The predicted octanol–water partition coefficient (Wildman–Crippen LogP) is 3.81. The van der Waals surface area contributed by atoms with Crippen molar-refractivity contribution in [2.75, 3.05) is 18.7 Å². The topological polar surface area (TPSA) is 59.6 Å². The molecule has 0 aliphatic heterocycles. The van der Waals surface area contributed by atoms with Crippen molar-refractivity contribution in [2.45, 2.75) is 20.3 Å². The van der Waals surface area contributed by atoms with E-state index in [1.807, 2.05) is 43.3 Å². The molecule has 0 aliphatic rings. The van der Waals surface area contributed by atoms with E-state index in [9.17, 15) is 4.79 Å². The molecule has 2 amide bonds. The first kappa shape index (κ1) is 16.7. The number of nitrogens with one attached hydrogen (secondary N) is 2.